The Hall–Kier alpha value is -0.460. The molecule has 1 aliphatic rings. The average molecular weight is 443 g/mol. The highest BCUT2D eigenvalue weighted by Gasteiger charge is 2.40. The van der Waals surface area contributed by atoms with Crippen LogP contribution in [0.5, 0.6) is 0 Å². The lowest BCUT2D eigenvalue weighted by atomic mass is 10.0. The zero-order chi connectivity index (χ0) is 22.6. The van der Waals surface area contributed by atoms with Gasteiger partial charge in [-0.2, -0.15) is 0 Å². The Balaban J connectivity index is 1.81. The first-order chi connectivity index (χ1) is 15.2. The molecule has 1 aliphatic heterocycles. The van der Waals surface area contributed by atoms with Gasteiger partial charge in [0.2, 0.25) is 0 Å². The van der Waals surface area contributed by atoms with E-state index in [2.05, 4.69) is 19.1 Å². The third-order valence-electron chi connectivity index (χ3n) is 6.24. The highest BCUT2D eigenvalue weighted by Crippen LogP contribution is 2.20. The van der Waals surface area contributed by atoms with Crippen LogP contribution in [0.15, 0.2) is 12.2 Å². The van der Waals surface area contributed by atoms with Crippen LogP contribution in [-0.4, -0.2) is 59.6 Å². The standard InChI is InChI=1S/C26H50O5/c1-2-3-4-5-6-7-8-9-10-11-12-13-14-15-16-17-18-19-20-30-24-22-31-26(25(24)29)23(28)21-27/h17-18,23-29H,2-16,19-22H2,1H3/b18-17+/t23-,24+,25+,26+/m1/s1. The Morgan fingerprint density at radius 2 is 1.35 bits per heavy atom. The van der Waals surface area contributed by atoms with Gasteiger partial charge in [0.15, 0.2) is 0 Å². The van der Waals surface area contributed by atoms with Gasteiger partial charge in [0.25, 0.3) is 0 Å². The Labute approximate surface area is 191 Å². The van der Waals surface area contributed by atoms with E-state index in [-0.39, 0.29) is 6.61 Å². The first-order valence-electron chi connectivity index (χ1n) is 13.1. The van der Waals surface area contributed by atoms with Gasteiger partial charge in [0.1, 0.15) is 24.4 Å². The summed E-state index contributed by atoms with van der Waals surface area (Å²) in [6.45, 7) is 2.64. The number of allylic oxidation sites excluding steroid dienone is 1. The van der Waals surface area contributed by atoms with E-state index >= 15 is 0 Å². The van der Waals surface area contributed by atoms with E-state index in [1.165, 1.54) is 89.9 Å². The third-order valence-corrected chi connectivity index (χ3v) is 6.24. The second kappa shape index (κ2) is 20.2. The predicted molar refractivity (Wildman–Crippen MR) is 127 cm³/mol. The van der Waals surface area contributed by atoms with Gasteiger partial charge in [0.05, 0.1) is 19.8 Å². The summed E-state index contributed by atoms with van der Waals surface area (Å²) in [6.07, 6.45) is 22.6. The molecule has 0 spiro atoms. The highest BCUT2D eigenvalue weighted by atomic mass is 16.6. The Bertz CT molecular complexity index is 415. The number of aliphatic hydroxyl groups is 3. The van der Waals surface area contributed by atoms with E-state index < -0.39 is 31.0 Å². The minimum Gasteiger partial charge on any atom is -0.394 e. The summed E-state index contributed by atoms with van der Waals surface area (Å²) in [7, 11) is 0. The molecule has 3 N–H and O–H groups in total. The molecule has 0 saturated carbocycles. The van der Waals surface area contributed by atoms with Crippen molar-refractivity contribution in [3.05, 3.63) is 12.2 Å². The van der Waals surface area contributed by atoms with Crippen LogP contribution >= 0.6 is 0 Å². The van der Waals surface area contributed by atoms with Gasteiger partial charge in [0, 0.05) is 0 Å². The molecule has 1 fully saturated rings. The molecule has 1 rings (SSSR count). The highest BCUT2D eigenvalue weighted by molar-refractivity contribution is 4.89. The molecule has 5 heteroatoms. The lowest BCUT2D eigenvalue weighted by molar-refractivity contribution is -0.0726. The molecule has 0 amide bonds. The molecule has 0 aromatic carbocycles. The van der Waals surface area contributed by atoms with Crippen molar-refractivity contribution in [1.29, 1.82) is 0 Å². The van der Waals surface area contributed by atoms with Crippen LogP contribution in [0.3, 0.4) is 0 Å². The van der Waals surface area contributed by atoms with Gasteiger partial charge < -0.3 is 24.8 Å². The third kappa shape index (κ3) is 14.3. The Morgan fingerprint density at radius 1 is 0.839 bits per heavy atom. The molecule has 4 atom stereocenters. The van der Waals surface area contributed by atoms with Crippen LogP contribution in [0.25, 0.3) is 0 Å². The number of rotatable bonds is 21. The first-order valence-corrected chi connectivity index (χ1v) is 13.1. The summed E-state index contributed by atoms with van der Waals surface area (Å²) in [4.78, 5) is 0. The van der Waals surface area contributed by atoms with Crippen molar-refractivity contribution in [3.8, 4) is 0 Å². The Morgan fingerprint density at radius 3 is 1.90 bits per heavy atom. The van der Waals surface area contributed by atoms with Crippen molar-refractivity contribution in [3.63, 3.8) is 0 Å². The predicted octanol–water partition coefficient (Wildman–Crippen LogP) is 5.30. The maximum Gasteiger partial charge on any atom is 0.114 e. The lowest BCUT2D eigenvalue weighted by Crippen LogP contribution is -2.41. The molecule has 0 bridgehead atoms. The quantitative estimate of drug-likeness (QED) is 0.166. The van der Waals surface area contributed by atoms with E-state index in [0.29, 0.717) is 6.61 Å². The Kier molecular flexibility index (Phi) is 18.6. The summed E-state index contributed by atoms with van der Waals surface area (Å²) in [6, 6.07) is 0. The van der Waals surface area contributed by atoms with Crippen molar-refractivity contribution in [1.82, 2.24) is 0 Å². The van der Waals surface area contributed by atoms with Crippen LogP contribution < -0.4 is 0 Å². The van der Waals surface area contributed by atoms with Crippen molar-refractivity contribution in [2.45, 2.75) is 134 Å². The van der Waals surface area contributed by atoms with Crippen molar-refractivity contribution < 1.29 is 24.8 Å². The average Bonchev–Trinajstić information content (AvgIpc) is 3.15. The van der Waals surface area contributed by atoms with Gasteiger partial charge in [-0.05, 0) is 19.3 Å². The second-order valence-corrected chi connectivity index (χ2v) is 9.09. The largest absolute Gasteiger partial charge is 0.394 e. The van der Waals surface area contributed by atoms with Crippen molar-refractivity contribution in [2.24, 2.45) is 0 Å². The summed E-state index contributed by atoms with van der Waals surface area (Å²) >= 11 is 0. The van der Waals surface area contributed by atoms with Gasteiger partial charge in [-0.15, -0.1) is 0 Å². The van der Waals surface area contributed by atoms with Crippen LogP contribution in [0, 0.1) is 0 Å². The van der Waals surface area contributed by atoms with Crippen LogP contribution in [0.1, 0.15) is 110 Å². The molecule has 31 heavy (non-hydrogen) atoms. The van der Waals surface area contributed by atoms with Gasteiger partial charge >= 0.3 is 0 Å². The van der Waals surface area contributed by atoms with Crippen molar-refractivity contribution in [2.75, 3.05) is 19.8 Å². The number of hydrogen-bond acceptors (Lipinski definition) is 5. The SMILES string of the molecule is CCCCCCCCCCCCCCCC/C=C/CCO[C@H]1CO[C@@H]([C@H](O)CO)[C@H]1O. The fourth-order valence-electron chi connectivity index (χ4n) is 4.18. The molecule has 0 unspecified atom stereocenters. The molecule has 0 radical (unpaired) electrons. The smallest absolute Gasteiger partial charge is 0.114 e. The fraction of sp³-hybridized carbons (Fsp3) is 0.923. The molecule has 0 aliphatic carbocycles. The van der Waals surface area contributed by atoms with E-state index in [1.807, 2.05) is 0 Å². The molecule has 1 saturated heterocycles. The number of ether oxygens (including phenoxy) is 2. The van der Waals surface area contributed by atoms with E-state index in [9.17, 15) is 10.2 Å². The van der Waals surface area contributed by atoms with E-state index in [0.717, 1.165) is 12.8 Å². The van der Waals surface area contributed by atoms with Gasteiger partial charge in [-0.25, -0.2) is 0 Å². The van der Waals surface area contributed by atoms with Gasteiger partial charge in [-0.3, -0.25) is 0 Å². The monoisotopic (exact) mass is 442 g/mol. The summed E-state index contributed by atoms with van der Waals surface area (Å²) in [5.41, 5.74) is 0. The zero-order valence-corrected chi connectivity index (χ0v) is 20.1. The second-order valence-electron chi connectivity index (χ2n) is 9.09. The summed E-state index contributed by atoms with van der Waals surface area (Å²) in [5.74, 6) is 0. The minimum absolute atomic E-state index is 0.256. The molecule has 184 valence electrons. The van der Waals surface area contributed by atoms with Crippen LogP contribution in [0.4, 0.5) is 0 Å². The summed E-state index contributed by atoms with van der Waals surface area (Å²) < 4.78 is 11.0. The number of aliphatic hydroxyl groups excluding tert-OH is 3. The van der Waals surface area contributed by atoms with E-state index in [4.69, 9.17) is 14.6 Å². The first kappa shape index (κ1) is 28.6. The van der Waals surface area contributed by atoms with Crippen LogP contribution in [0.2, 0.25) is 0 Å². The molecule has 0 aromatic heterocycles. The minimum atomic E-state index is -1.06. The van der Waals surface area contributed by atoms with Crippen molar-refractivity contribution >= 4 is 0 Å². The van der Waals surface area contributed by atoms with Crippen LogP contribution in [-0.2, 0) is 9.47 Å². The molecule has 5 nitrogen and oxygen atoms in total. The van der Waals surface area contributed by atoms with E-state index in [1.54, 1.807) is 0 Å². The van der Waals surface area contributed by atoms with Gasteiger partial charge in [-0.1, -0.05) is 103 Å². The fourth-order valence-corrected chi connectivity index (χ4v) is 4.18. The molecule has 1 heterocycles. The molecule has 0 aromatic rings. The maximum atomic E-state index is 10.1. The maximum absolute atomic E-state index is 10.1. The topological polar surface area (TPSA) is 79.2 Å². The lowest BCUT2D eigenvalue weighted by Gasteiger charge is -2.20. The normalized spacial score (nSPS) is 22.5. The zero-order valence-electron chi connectivity index (χ0n) is 20.1. The number of hydrogen-bond donors (Lipinski definition) is 3. The summed E-state index contributed by atoms with van der Waals surface area (Å²) in [5, 5.41) is 28.6. The molecular weight excluding hydrogens is 392 g/mol. The number of unbranched alkanes of at least 4 members (excludes halogenated alkanes) is 14. The molecular formula is C26H50O5.